The molecule has 0 saturated carbocycles. The van der Waals surface area contributed by atoms with Crippen LogP contribution in [-0.4, -0.2) is 167 Å². The number of nitrogens with zero attached hydrogens (tertiary/aromatic N) is 4. The normalized spacial score (nSPS) is 23.9. The van der Waals surface area contributed by atoms with E-state index in [1.807, 2.05) is 111 Å². The fraction of sp³-hybridized carbons (Fsp3) is 0.911. The molecule has 4 aliphatic rings. The average molecular weight is 1020 g/mol. The zero-order chi connectivity index (χ0) is 54.3. The minimum absolute atomic E-state index is 0.214. The summed E-state index contributed by atoms with van der Waals surface area (Å²) in [6, 6.07) is 0. The van der Waals surface area contributed by atoms with E-state index in [0.29, 0.717) is 83.7 Å². The number of hydrogen-bond donors (Lipinski definition) is 11. The Bertz CT molecular complexity index is 1420. The van der Waals surface area contributed by atoms with Gasteiger partial charge in [-0.1, -0.05) is 6.42 Å². The number of ketones is 4. The third-order valence-electron chi connectivity index (χ3n) is 11.7. The van der Waals surface area contributed by atoms with E-state index in [9.17, 15) is 49.1 Å². The van der Waals surface area contributed by atoms with Gasteiger partial charge in [0.1, 0.15) is 23.1 Å². The number of rotatable bonds is 10. The van der Waals surface area contributed by atoms with E-state index < -0.39 is 59.5 Å². The van der Waals surface area contributed by atoms with Crippen LogP contribution in [-0.2, 0) is 28.3 Å². The van der Waals surface area contributed by atoms with Crippen LogP contribution in [0.25, 0.3) is 0 Å². The first-order valence-corrected chi connectivity index (χ1v) is 27.0. The van der Waals surface area contributed by atoms with Gasteiger partial charge in [-0.15, -0.1) is 0 Å². The molecule has 68 heavy (non-hydrogen) atoms. The van der Waals surface area contributed by atoms with Gasteiger partial charge in [-0.2, -0.15) is 20.3 Å². The first kappa shape index (κ1) is 68.6. The first-order chi connectivity index (χ1) is 30.1. The molecule has 0 aliphatic carbocycles. The fourth-order valence-electron chi connectivity index (χ4n) is 9.13. The Morgan fingerprint density at radius 2 is 0.559 bits per heavy atom. The average Bonchev–Trinajstić information content (AvgIpc) is 3.10. The topological polar surface area (TPSA) is 341 Å². The van der Waals surface area contributed by atoms with Crippen molar-refractivity contribution in [2.45, 2.75) is 226 Å². The number of Topliss-reactive ketones (excluding diaryl/α,β-unsaturated/α-hetero) is 4. The number of piperidine rings is 4. The monoisotopic (exact) mass is 1020 g/mol. The third-order valence-corrected chi connectivity index (χ3v) is 13.5. The fourth-order valence-corrected chi connectivity index (χ4v) is 10.4. The lowest BCUT2D eigenvalue weighted by Crippen LogP contribution is -2.59. The van der Waals surface area contributed by atoms with Crippen LogP contribution in [0.2, 0.25) is 0 Å². The Balaban J connectivity index is 0. The van der Waals surface area contributed by atoms with E-state index in [0.717, 1.165) is 13.1 Å². The molecule has 23 heteroatoms. The number of nitrogens with one attached hydrogen (secondary N) is 1. The van der Waals surface area contributed by atoms with E-state index in [-0.39, 0.29) is 35.5 Å². The lowest BCUT2D eigenvalue weighted by atomic mass is 9.81. The second-order valence-corrected chi connectivity index (χ2v) is 27.0. The molecule has 4 rings (SSSR count). The third kappa shape index (κ3) is 25.8. The van der Waals surface area contributed by atoms with Crippen molar-refractivity contribution in [1.82, 2.24) is 25.6 Å². The number of unbranched alkanes of at least 4 members (excludes halogenated alkanes) is 2. The highest BCUT2D eigenvalue weighted by Gasteiger charge is 2.47. The van der Waals surface area contributed by atoms with Crippen LogP contribution in [0.4, 0.5) is 0 Å². The number of hydroxylamine groups is 8. The summed E-state index contributed by atoms with van der Waals surface area (Å²) in [5.74, 6) is 0.927. The molecule has 21 nitrogen and oxygen atoms in total. The molecule has 0 aromatic carbocycles. The summed E-state index contributed by atoms with van der Waals surface area (Å²) >= 11 is 0. The predicted octanol–water partition coefficient (Wildman–Crippen LogP) is 5.40. The lowest BCUT2D eigenvalue weighted by Gasteiger charge is -2.47. The van der Waals surface area contributed by atoms with Gasteiger partial charge in [-0.3, -0.25) is 28.3 Å². The lowest BCUT2D eigenvalue weighted by molar-refractivity contribution is -0.237. The van der Waals surface area contributed by atoms with Gasteiger partial charge >= 0.3 is 15.2 Å². The van der Waals surface area contributed by atoms with Gasteiger partial charge < -0.3 is 57.2 Å². The van der Waals surface area contributed by atoms with E-state index in [2.05, 4.69) is 5.32 Å². The summed E-state index contributed by atoms with van der Waals surface area (Å²) < 4.78 is 20.7. The van der Waals surface area contributed by atoms with Gasteiger partial charge in [0.2, 0.25) is 0 Å². The van der Waals surface area contributed by atoms with Crippen LogP contribution in [0.1, 0.15) is 181 Å². The molecule has 0 amide bonds. The first-order valence-electron chi connectivity index (χ1n) is 23.4. The molecule has 0 unspecified atom stereocenters. The van der Waals surface area contributed by atoms with E-state index in [4.69, 9.17) is 31.0 Å². The highest BCUT2D eigenvalue weighted by molar-refractivity contribution is 7.52. The van der Waals surface area contributed by atoms with Crippen molar-refractivity contribution < 1.29 is 68.7 Å². The molecule has 0 spiro atoms. The summed E-state index contributed by atoms with van der Waals surface area (Å²) in [7, 11) is -7.88. The quantitative estimate of drug-likeness (QED) is 0.0964. The summed E-state index contributed by atoms with van der Waals surface area (Å²) in [5.41, 5.74) is 6.99. The van der Waals surface area contributed by atoms with Crippen molar-refractivity contribution in [3.05, 3.63) is 0 Å². The Morgan fingerprint density at radius 3 is 0.691 bits per heavy atom. The molecular formula is C45H95N7O14P2. The van der Waals surface area contributed by atoms with Gasteiger partial charge in [0, 0.05) is 134 Å². The Labute approximate surface area is 407 Å². The van der Waals surface area contributed by atoms with Crippen LogP contribution >= 0.6 is 15.2 Å². The maximum absolute atomic E-state index is 11.3. The van der Waals surface area contributed by atoms with Gasteiger partial charge in [-0.25, -0.2) is 0 Å². The SMILES string of the molecule is CC1(C)CC(=O)CC(C)(C)N1O.CC1(C)CC(=O)CC(C)(C)N1O.CC1(C)CC(=O)CC(C)(C)N1O.CC1(C)CC(=O)CC(C)(C)N1O.NCCNCCN.O=P(O)(O)CCCCCP(=O)(O)O. The van der Waals surface area contributed by atoms with Gasteiger partial charge in [0.05, 0.1) is 0 Å². The summed E-state index contributed by atoms with van der Waals surface area (Å²) in [4.78, 5) is 78.9. The Kier molecular flexibility index (Phi) is 27.3. The summed E-state index contributed by atoms with van der Waals surface area (Å²) in [5, 5.41) is 47.3. The minimum atomic E-state index is -3.94. The zero-order valence-corrected chi connectivity index (χ0v) is 46.2. The Morgan fingerprint density at radius 1 is 0.397 bits per heavy atom. The second-order valence-electron chi connectivity index (χ2n) is 23.5. The van der Waals surface area contributed by atoms with Crippen LogP contribution in [0, 0.1) is 0 Å². The number of hydrogen-bond acceptors (Lipinski definition) is 17. The van der Waals surface area contributed by atoms with Crippen LogP contribution in [0.3, 0.4) is 0 Å². The van der Waals surface area contributed by atoms with Crippen molar-refractivity contribution in [2.75, 3.05) is 38.5 Å². The summed E-state index contributed by atoms with van der Waals surface area (Å²) in [6.45, 7) is 33.2. The van der Waals surface area contributed by atoms with Crippen molar-refractivity contribution in [2.24, 2.45) is 11.5 Å². The largest absolute Gasteiger partial charge is 0.329 e. The Hall–Kier alpha value is -1.46. The van der Waals surface area contributed by atoms with Crippen molar-refractivity contribution in [3.8, 4) is 0 Å². The van der Waals surface area contributed by atoms with Gasteiger partial charge in [0.15, 0.2) is 0 Å². The predicted molar refractivity (Wildman–Crippen MR) is 263 cm³/mol. The van der Waals surface area contributed by atoms with Crippen molar-refractivity contribution in [1.29, 1.82) is 0 Å². The highest BCUT2D eigenvalue weighted by Crippen LogP contribution is 2.39. The van der Waals surface area contributed by atoms with E-state index in [1.165, 1.54) is 20.3 Å². The van der Waals surface area contributed by atoms with E-state index >= 15 is 0 Å². The van der Waals surface area contributed by atoms with Crippen molar-refractivity contribution in [3.63, 3.8) is 0 Å². The molecule has 0 aromatic heterocycles. The molecule has 0 aromatic rings. The number of nitrogens with two attached hydrogens (primary N) is 2. The molecule has 13 N–H and O–H groups in total. The zero-order valence-electron chi connectivity index (χ0n) is 44.4. The van der Waals surface area contributed by atoms with Crippen LogP contribution in [0.15, 0.2) is 0 Å². The molecule has 4 fully saturated rings. The number of carbonyl (C=O) groups is 4. The molecule has 404 valence electrons. The van der Waals surface area contributed by atoms with Crippen LogP contribution in [0.5, 0.6) is 0 Å². The molecule has 0 atom stereocenters. The van der Waals surface area contributed by atoms with Crippen molar-refractivity contribution >= 4 is 38.3 Å². The molecule has 0 radical (unpaired) electrons. The van der Waals surface area contributed by atoms with Gasteiger partial charge in [0.25, 0.3) is 0 Å². The van der Waals surface area contributed by atoms with E-state index in [1.54, 1.807) is 0 Å². The van der Waals surface area contributed by atoms with Gasteiger partial charge in [-0.05, 0) is 124 Å². The second kappa shape index (κ2) is 27.0. The maximum Gasteiger partial charge on any atom is 0.325 e. The molecule has 4 heterocycles. The maximum atomic E-state index is 11.3. The molecule has 4 saturated heterocycles. The minimum Gasteiger partial charge on any atom is -0.329 e. The highest BCUT2D eigenvalue weighted by atomic mass is 31.2. The molecule has 4 aliphatic heterocycles. The molecule has 0 bridgehead atoms. The van der Waals surface area contributed by atoms with Crippen LogP contribution < -0.4 is 16.8 Å². The standard InChI is InChI=1S/4C9H17NO2.C5H14O6P2.C4H13N3/c4*1-8(2)5-7(11)6-9(3,4)10(8)12;6-12(7,8)4-2-1-3-5-13(9,10)11;5-1-3-7-4-2-6/h4*12H,5-6H2,1-4H3;1-5H2,(H2,6,7,8)(H2,9,10,11);7H,1-6H2. The molecular weight excluding hydrogens is 924 g/mol. The number of carbonyl (C=O) groups excluding carboxylic acids is 4. The summed E-state index contributed by atoms with van der Waals surface area (Å²) in [6.07, 6.45) is 4.09. The smallest absolute Gasteiger partial charge is 0.325 e.